The van der Waals surface area contributed by atoms with E-state index in [1.54, 1.807) is 0 Å². The number of fused-ring (bicyclic) bond motifs is 1. The molecule has 4 rings (SSSR count). The Bertz CT molecular complexity index is 1070. The van der Waals surface area contributed by atoms with Gasteiger partial charge in [0.1, 0.15) is 5.00 Å². The van der Waals surface area contributed by atoms with E-state index < -0.39 is 11.8 Å². The zero-order valence-electron chi connectivity index (χ0n) is 18.9. The molecule has 4 nitrogen and oxygen atoms in total. The fourth-order valence-electron chi connectivity index (χ4n) is 4.64. The summed E-state index contributed by atoms with van der Waals surface area (Å²) in [6.45, 7) is 6.79. The predicted molar refractivity (Wildman–Crippen MR) is 131 cm³/mol. The van der Waals surface area contributed by atoms with E-state index in [1.165, 1.54) is 16.2 Å². The minimum atomic E-state index is -0.473. The molecule has 3 aromatic rings. The average molecular weight is 447 g/mol. The Labute approximate surface area is 193 Å². The summed E-state index contributed by atoms with van der Waals surface area (Å²) in [6.07, 6.45) is 2.76. The topological polar surface area (TPSA) is 72.2 Å². The first-order chi connectivity index (χ1) is 15.3. The van der Waals surface area contributed by atoms with Gasteiger partial charge in [-0.2, -0.15) is 0 Å². The number of anilines is 1. The number of nitrogens with one attached hydrogen (secondary N) is 1. The van der Waals surface area contributed by atoms with Gasteiger partial charge in [0.2, 0.25) is 5.91 Å². The molecule has 0 saturated carbocycles. The summed E-state index contributed by atoms with van der Waals surface area (Å²) in [5.74, 6) is -0.558. The molecule has 2 aromatic carbocycles. The van der Waals surface area contributed by atoms with Gasteiger partial charge in [-0.3, -0.25) is 9.59 Å². The number of rotatable bonds is 5. The molecule has 1 unspecified atom stereocenters. The number of thiophene rings is 1. The lowest BCUT2D eigenvalue weighted by atomic mass is 9.72. The first-order valence-corrected chi connectivity index (χ1v) is 11.9. The number of amides is 2. The summed E-state index contributed by atoms with van der Waals surface area (Å²) in [6, 6.07) is 19.4. The smallest absolute Gasteiger partial charge is 0.251 e. The van der Waals surface area contributed by atoms with Crippen molar-refractivity contribution in [2.45, 2.75) is 46.0 Å². The summed E-state index contributed by atoms with van der Waals surface area (Å²) in [5.41, 5.74) is 9.32. The third-order valence-electron chi connectivity index (χ3n) is 6.50. The lowest BCUT2D eigenvalue weighted by Crippen LogP contribution is -2.27. The zero-order chi connectivity index (χ0) is 22.9. The minimum absolute atomic E-state index is 0.157. The fourth-order valence-corrected chi connectivity index (χ4v) is 5.98. The zero-order valence-corrected chi connectivity index (χ0v) is 19.7. The molecule has 0 saturated heterocycles. The molecule has 0 spiro atoms. The number of primary amides is 1. The standard InChI is InChI=1S/C27H30N2O2S/c1-27(2,3)19-14-15-20-21(16-19)32-26(23(20)24(28)30)29-25(31)22(17-10-6-4-7-11-17)18-12-8-5-9-13-18/h4-13,19,22H,14-16H2,1-3H3,(H2,28,30)(H,29,31). The molecule has 0 fully saturated rings. The van der Waals surface area contributed by atoms with Crippen LogP contribution in [0.3, 0.4) is 0 Å². The van der Waals surface area contributed by atoms with Crippen LogP contribution in [0.5, 0.6) is 0 Å². The number of hydrogen-bond acceptors (Lipinski definition) is 3. The van der Waals surface area contributed by atoms with Gasteiger partial charge in [-0.1, -0.05) is 81.4 Å². The molecule has 0 bridgehead atoms. The van der Waals surface area contributed by atoms with Gasteiger partial charge in [0, 0.05) is 4.88 Å². The third-order valence-corrected chi connectivity index (χ3v) is 7.67. The first-order valence-electron chi connectivity index (χ1n) is 11.1. The average Bonchev–Trinajstić information content (AvgIpc) is 3.12. The van der Waals surface area contributed by atoms with Crippen molar-refractivity contribution >= 4 is 28.2 Å². The van der Waals surface area contributed by atoms with Crippen LogP contribution >= 0.6 is 11.3 Å². The molecule has 1 aliphatic carbocycles. The minimum Gasteiger partial charge on any atom is -0.365 e. The Morgan fingerprint density at radius 1 is 1.00 bits per heavy atom. The van der Waals surface area contributed by atoms with Crippen LogP contribution in [0.2, 0.25) is 0 Å². The van der Waals surface area contributed by atoms with Crippen LogP contribution in [-0.4, -0.2) is 11.8 Å². The van der Waals surface area contributed by atoms with E-state index in [9.17, 15) is 9.59 Å². The van der Waals surface area contributed by atoms with Crippen LogP contribution in [0.4, 0.5) is 5.00 Å². The number of nitrogens with two attached hydrogens (primary N) is 1. The Hall–Kier alpha value is -2.92. The maximum absolute atomic E-state index is 13.6. The van der Waals surface area contributed by atoms with Gasteiger partial charge >= 0.3 is 0 Å². The highest BCUT2D eigenvalue weighted by Gasteiger charge is 2.34. The number of carbonyl (C=O) groups excluding carboxylic acids is 2. The summed E-state index contributed by atoms with van der Waals surface area (Å²) in [4.78, 5) is 27.1. The molecule has 0 radical (unpaired) electrons. The van der Waals surface area contributed by atoms with Gasteiger partial charge in [-0.25, -0.2) is 0 Å². The van der Waals surface area contributed by atoms with Gasteiger partial charge in [0.05, 0.1) is 11.5 Å². The van der Waals surface area contributed by atoms with E-state index in [2.05, 4.69) is 26.1 Å². The summed E-state index contributed by atoms with van der Waals surface area (Å²) >= 11 is 1.51. The van der Waals surface area contributed by atoms with E-state index in [-0.39, 0.29) is 11.3 Å². The second kappa shape index (κ2) is 8.91. The van der Waals surface area contributed by atoms with E-state index >= 15 is 0 Å². The van der Waals surface area contributed by atoms with Crippen LogP contribution in [0.1, 0.15) is 65.0 Å². The molecular weight excluding hydrogens is 416 g/mol. The molecule has 1 atom stereocenters. The van der Waals surface area contributed by atoms with Crippen LogP contribution in [0, 0.1) is 11.3 Å². The largest absolute Gasteiger partial charge is 0.365 e. The van der Waals surface area contributed by atoms with Crippen molar-refractivity contribution in [1.82, 2.24) is 0 Å². The van der Waals surface area contributed by atoms with Gasteiger partial charge < -0.3 is 11.1 Å². The molecule has 3 N–H and O–H groups in total. The van der Waals surface area contributed by atoms with E-state index in [1.807, 2.05) is 60.7 Å². The molecule has 1 heterocycles. The highest BCUT2D eigenvalue weighted by molar-refractivity contribution is 7.17. The molecule has 5 heteroatoms. The maximum Gasteiger partial charge on any atom is 0.251 e. The van der Waals surface area contributed by atoms with Crippen LogP contribution in [0.25, 0.3) is 0 Å². The Kier molecular flexibility index (Phi) is 6.20. The monoisotopic (exact) mass is 446 g/mol. The fraction of sp³-hybridized carbons (Fsp3) is 0.333. The third kappa shape index (κ3) is 4.49. The Morgan fingerprint density at radius 3 is 2.06 bits per heavy atom. The maximum atomic E-state index is 13.6. The molecular formula is C27H30N2O2S. The molecule has 1 aliphatic rings. The van der Waals surface area contributed by atoms with E-state index in [4.69, 9.17) is 5.73 Å². The van der Waals surface area contributed by atoms with Gasteiger partial charge in [-0.15, -0.1) is 11.3 Å². The molecule has 0 aliphatic heterocycles. The number of hydrogen-bond donors (Lipinski definition) is 2. The molecule has 32 heavy (non-hydrogen) atoms. The second-order valence-electron chi connectivity index (χ2n) is 9.62. The van der Waals surface area contributed by atoms with Gasteiger partial charge in [0.15, 0.2) is 0 Å². The highest BCUT2D eigenvalue weighted by atomic mass is 32.1. The summed E-state index contributed by atoms with van der Waals surface area (Å²) < 4.78 is 0. The Morgan fingerprint density at radius 2 is 1.56 bits per heavy atom. The molecule has 166 valence electrons. The SMILES string of the molecule is CC(C)(C)C1CCc2c(sc(NC(=O)C(c3ccccc3)c3ccccc3)c2C(N)=O)C1. The van der Waals surface area contributed by atoms with Crippen LogP contribution in [-0.2, 0) is 17.6 Å². The molecule has 2 amide bonds. The van der Waals surface area contributed by atoms with Crippen LogP contribution in [0.15, 0.2) is 60.7 Å². The van der Waals surface area contributed by atoms with Crippen molar-refractivity contribution in [2.24, 2.45) is 17.1 Å². The van der Waals surface area contributed by atoms with E-state index in [0.717, 1.165) is 36.0 Å². The van der Waals surface area contributed by atoms with Crippen molar-refractivity contribution in [2.75, 3.05) is 5.32 Å². The number of carbonyl (C=O) groups is 2. The van der Waals surface area contributed by atoms with Crippen molar-refractivity contribution in [3.63, 3.8) is 0 Å². The lowest BCUT2D eigenvalue weighted by Gasteiger charge is -2.33. The normalized spacial score (nSPS) is 15.9. The van der Waals surface area contributed by atoms with Crippen LogP contribution < -0.4 is 11.1 Å². The molecule has 1 aromatic heterocycles. The van der Waals surface area contributed by atoms with Gasteiger partial charge in [0.25, 0.3) is 5.91 Å². The highest BCUT2D eigenvalue weighted by Crippen LogP contribution is 2.44. The predicted octanol–water partition coefficient (Wildman–Crippen LogP) is 5.77. The van der Waals surface area contributed by atoms with Crippen molar-refractivity contribution in [3.8, 4) is 0 Å². The van der Waals surface area contributed by atoms with Crippen molar-refractivity contribution in [3.05, 3.63) is 87.8 Å². The first kappa shape index (κ1) is 22.3. The number of benzene rings is 2. The van der Waals surface area contributed by atoms with Gasteiger partial charge in [-0.05, 0) is 47.3 Å². The van der Waals surface area contributed by atoms with E-state index in [0.29, 0.717) is 16.5 Å². The quantitative estimate of drug-likeness (QED) is 0.522. The van der Waals surface area contributed by atoms with Crippen molar-refractivity contribution in [1.29, 1.82) is 0 Å². The van der Waals surface area contributed by atoms with Crippen molar-refractivity contribution < 1.29 is 9.59 Å². The Balaban J connectivity index is 1.69. The summed E-state index contributed by atoms with van der Waals surface area (Å²) in [5, 5.41) is 3.66. The lowest BCUT2D eigenvalue weighted by molar-refractivity contribution is -0.116. The summed E-state index contributed by atoms with van der Waals surface area (Å²) in [7, 11) is 0. The second-order valence-corrected chi connectivity index (χ2v) is 10.7.